The second-order valence-corrected chi connectivity index (χ2v) is 12.1. The Morgan fingerprint density at radius 3 is 2.40 bits per heavy atom. The SMILES string of the molecule is O=C(O)c1cn(C2CC2)c2cc(N3CCC(COc4ccc(N5CCOC5=O)cc4F)(OP(=O)(O)O)CC3)ccc2c1=O. The van der Waals surface area contributed by atoms with Crippen molar-refractivity contribution in [1.29, 1.82) is 0 Å². The molecule has 0 unspecified atom stereocenters. The lowest BCUT2D eigenvalue weighted by atomic mass is 9.92. The molecule has 1 amide bonds. The summed E-state index contributed by atoms with van der Waals surface area (Å²) in [5, 5.41) is 9.80. The number of phosphoric ester groups is 1. The predicted octanol–water partition coefficient (Wildman–Crippen LogP) is 3.66. The lowest BCUT2D eigenvalue weighted by molar-refractivity contribution is -0.0231. The summed E-state index contributed by atoms with van der Waals surface area (Å²) >= 11 is 0. The van der Waals surface area contributed by atoms with E-state index >= 15 is 0 Å². The van der Waals surface area contributed by atoms with Crippen LogP contribution in [-0.4, -0.2) is 70.0 Å². The van der Waals surface area contributed by atoms with E-state index < -0.39 is 36.7 Å². The first-order chi connectivity index (χ1) is 20.4. The molecule has 3 heterocycles. The smallest absolute Gasteiger partial charge is 0.470 e. The van der Waals surface area contributed by atoms with Gasteiger partial charge in [-0.05, 0) is 56.0 Å². The third kappa shape index (κ3) is 5.96. The zero-order valence-corrected chi connectivity index (χ0v) is 23.7. The van der Waals surface area contributed by atoms with Crippen LogP contribution in [0.4, 0.5) is 20.6 Å². The molecule has 0 bridgehead atoms. The number of piperidine rings is 1. The highest BCUT2D eigenvalue weighted by Gasteiger charge is 2.42. The average Bonchev–Trinajstić information content (AvgIpc) is 3.71. The molecule has 3 aromatic rings. The largest absolute Gasteiger partial charge is 0.487 e. The van der Waals surface area contributed by atoms with Gasteiger partial charge in [-0.2, -0.15) is 0 Å². The highest BCUT2D eigenvalue weighted by molar-refractivity contribution is 7.46. The summed E-state index contributed by atoms with van der Waals surface area (Å²) < 4.78 is 44.4. The van der Waals surface area contributed by atoms with Gasteiger partial charge in [0.15, 0.2) is 11.6 Å². The number of pyridine rings is 1. The molecule has 6 rings (SSSR count). The van der Waals surface area contributed by atoms with Crippen LogP contribution in [0.1, 0.15) is 42.1 Å². The molecular formula is C28H29FN3O10P. The maximum atomic E-state index is 14.9. The Labute approximate surface area is 244 Å². The van der Waals surface area contributed by atoms with E-state index in [1.165, 1.54) is 23.2 Å². The van der Waals surface area contributed by atoms with E-state index in [-0.39, 0.29) is 50.0 Å². The average molecular weight is 618 g/mol. The van der Waals surface area contributed by atoms with Crippen molar-refractivity contribution < 1.29 is 47.4 Å². The molecular weight excluding hydrogens is 588 g/mol. The number of ether oxygens (including phenoxy) is 2. The van der Waals surface area contributed by atoms with E-state index in [4.69, 9.17) is 14.0 Å². The van der Waals surface area contributed by atoms with Crippen LogP contribution < -0.4 is 20.0 Å². The number of carbonyl (C=O) groups is 2. The first-order valence-electron chi connectivity index (χ1n) is 13.7. The molecule has 0 spiro atoms. The second-order valence-electron chi connectivity index (χ2n) is 10.9. The number of fused-ring (bicyclic) bond motifs is 1. The van der Waals surface area contributed by atoms with Gasteiger partial charge in [0.05, 0.1) is 17.7 Å². The van der Waals surface area contributed by atoms with Crippen LogP contribution in [0.25, 0.3) is 10.9 Å². The Hall–Kier alpha value is -3.97. The Kier molecular flexibility index (Phi) is 7.41. The van der Waals surface area contributed by atoms with Gasteiger partial charge in [0.1, 0.15) is 24.4 Å². The van der Waals surface area contributed by atoms with E-state index in [1.807, 2.05) is 15.5 Å². The molecule has 3 fully saturated rings. The normalized spacial score (nSPS) is 18.6. The van der Waals surface area contributed by atoms with Crippen molar-refractivity contribution in [1.82, 2.24) is 4.57 Å². The number of phosphoric acid groups is 1. The number of hydrogen-bond acceptors (Lipinski definition) is 8. The fourth-order valence-corrected chi connectivity index (χ4v) is 6.38. The molecule has 1 saturated carbocycles. The summed E-state index contributed by atoms with van der Waals surface area (Å²) in [5.41, 5.74) is -0.614. The van der Waals surface area contributed by atoms with Crippen LogP contribution in [0.2, 0.25) is 0 Å². The van der Waals surface area contributed by atoms with Crippen molar-refractivity contribution in [2.45, 2.75) is 37.3 Å². The number of nitrogens with zero attached hydrogens (tertiary/aromatic N) is 3. The molecule has 15 heteroatoms. The number of cyclic esters (lactones) is 1. The first kappa shape index (κ1) is 29.1. The number of aromatic nitrogens is 1. The molecule has 0 atom stereocenters. The van der Waals surface area contributed by atoms with Crippen LogP contribution in [0.3, 0.4) is 0 Å². The number of carboxylic acid groups (broad SMARTS) is 1. The van der Waals surface area contributed by atoms with Crippen molar-refractivity contribution in [3.63, 3.8) is 0 Å². The number of halogens is 1. The zero-order valence-electron chi connectivity index (χ0n) is 22.8. The quantitative estimate of drug-likeness (QED) is 0.300. The third-order valence-corrected chi connectivity index (χ3v) is 8.64. The van der Waals surface area contributed by atoms with E-state index in [2.05, 4.69) is 0 Å². The molecule has 2 aromatic carbocycles. The lowest BCUT2D eigenvalue weighted by Crippen LogP contribution is -2.49. The Morgan fingerprint density at radius 2 is 1.79 bits per heavy atom. The van der Waals surface area contributed by atoms with Crippen LogP contribution in [0.15, 0.2) is 47.4 Å². The van der Waals surface area contributed by atoms with E-state index in [1.54, 1.807) is 12.1 Å². The Bertz CT molecular complexity index is 1710. The fraction of sp³-hybridized carbons (Fsp3) is 0.393. The number of benzene rings is 2. The van der Waals surface area contributed by atoms with E-state index in [9.17, 15) is 38.2 Å². The molecule has 0 radical (unpaired) electrons. The fourth-order valence-electron chi connectivity index (χ4n) is 5.64. The molecule has 2 aliphatic heterocycles. The Morgan fingerprint density at radius 1 is 1.07 bits per heavy atom. The van der Waals surface area contributed by atoms with Crippen molar-refractivity contribution in [2.24, 2.45) is 0 Å². The van der Waals surface area contributed by atoms with E-state index in [0.29, 0.717) is 29.7 Å². The number of aromatic carboxylic acids is 1. The van der Waals surface area contributed by atoms with E-state index in [0.717, 1.165) is 24.6 Å². The minimum atomic E-state index is -4.95. The predicted molar refractivity (Wildman–Crippen MR) is 151 cm³/mol. The molecule has 1 aromatic heterocycles. The zero-order chi connectivity index (χ0) is 30.5. The van der Waals surface area contributed by atoms with Gasteiger partial charge in [-0.25, -0.2) is 18.5 Å². The minimum absolute atomic E-state index is 0.109. The van der Waals surface area contributed by atoms with Gasteiger partial charge in [-0.1, -0.05) is 0 Å². The third-order valence-electron chi connectivity index (χ3n) is 8.02. The van der Waals surface area contributed by atoms with Gasteiger partial charge < -0.3 is 33.8 Å². The molecule has 13 nitrogen and oxygen atoms in total. The number of anilines is 2. The molecule has 43 heavy (non-hydrogen) atoms. The molecule has 3 N–H and O–H groups in total. The van der Waals surface area contributed by atoms with Crippen LogP contribution >= 0.6 is 7.82 Å². The van der Waals surface area contributed by atoms with Crippen molar-refractivity contribution in [3.05, 3.63) is 64.2 Å². The maximum absolute atomic E-state index is 14.9. The van der Waals surface area contributed by atoms with Gasteiger partial charge >= 0.3 is 19.9 Å². The summed E-state index contributed by atoms with van der Waals surface area (Å²) in [5.74, 6) is -2.21. The lowest BCUT2D eigenvalue weighted by Gasteiger charge is -2.42. The van der Waals surface area contributed by atoms with Gasteiger partial charge in [-0.15, -0.1) is 0 Å². The van der Waals surface area contributed by atoms with Gasteiger partial charge in [0.25, 0.3) is 0 Å². The molecule has 1 aliphatic carbocycles. The molecule has 3 aliphatic rings. The summed E-state index contributed by atoms with van der Waals surface area (Å²) in [6, 6.07) is 9.20. The highest BCUT2D eigenvalue weighted by Crippen LogP contribution is 2.46. The summed E-state index contributed by atoms with van der Waals surface area (Å²) in [4.78, 5) is 58.8. The monoisotopic (exact) mass is 617 g/mol. The van der Waals surface area contributed by atoms with Crippen molar-refractivity contribution in [3.8, 4) is 5.75 Å². The van der Waals surface area contributed by atoms with Crippen molar-refractivity contribution >= 4 is 42.2 Å². The van der Waals surface area contributed by atoms with Crippen LogP contribution in [0, 0.1) is 5.82 Å². The minimum Gasteiger partial charge on any atom is -0.487 e. The molecule has 2 saturated heterocycles. The maximum Gasteiger partial charge on any atom is 0.470 e. The standard InChI is InChI=1S/C28H29FN3O10P/c29-22-13-19(31-11-12-40-27(31)36)4-6-24(22)41-16-28(42-43(37,38)39)7-9-30(10-8-28)18-3-5-20-23(14-18)32(17-1-2-17)15-21(25(20)33)26(34)35/h3-6,13-15,17H,1-2,7-12,16H2,(H,34,35)(H2,37,38,39). The molecule has 228 valence electrons. The topological polar surface area (TPSA) is 168 Å². The van der Waals surface area contributed by atoms with Crippen LogP contribution in [0.5, 0.6) is 5.75 Å². The van der Waals surface area contributed by atoms with Gasteiger partial charge in [0.2, 0.25) is 5.43 Å². The summed E-state index contributed by atoms with van der Waals surface area (Å²) in [7, 11) is -4.95. The summed E-state index contributed by atoms with van der Waals surface area (Å²) in [6.45, 7) is 0.740. The number of amides is 1. The number of hydrogen-bond donors (Lipinski definition) is 3. The van der Waals surface area contributed by atoms with Gasteiger partial charge in [0, 0.05) is 42.5 Å². The second kappa shape index (κ2) is 10.9. The van der Waals surface area contributed by atoms with Gasteiger partial charge in [-0.3, -0.25) is 14.2 Å². The first-order valence-corrected chi connectivity index (χ1v) is 15.3. The van der Waals surface area contributed by atoms with Crippen molar-refractivity contribution in [2.75, 3.05) is 42.6 Å². The summed E-state index contributed by atoms with van der Waals surface area (Å²) in [6.07, 6.45) is 2.82. The highest BCUT2D eigenvalue weighted by atomic mass is 31.2. The number of rotatable bonds is 9. The Balaban J connectivity index is 1.21. The number of carboxylic acids is 1. The number of carbonyl (C=O) groups excluding carboxylic acids is 1. The van der Waals surface area contributed by atoms with Crippen LogP contribution in [-0.2, 0) is 13.8 Å².